The second-order valence-electron chi connectivity index (χ2n) is 5.04. The van der Waals surface area contributed by atoms with Gasteiger partial charge in [0.1, 0.15) is 5.56 Å². The van der Waals surface area contributed by atoms with Gasteiger partial charge in [-0.05, 0) is 18.2 Å². The second kappa shape index (κ2) is 6.62. The number of fused-ring (bicyclic) bond motifs is 1. The molecule has 2 heterocycles. The minimum absolute atomic E-state index is 0.255. The Morgan fingerprint density at radius 3 is 3.04 bits per heavy atom. The molecule has 24 heavy (non-hydrogen) atoms. The van der Waals surface area contributed by atoms with Crippen molar-refractivity contribution >= 4 is 39.1 Å². The highest BCUT2D eigenvalue weighted by molar-refractivity contribution is 7.16. The third kappa shape index (κ3) is 3.00. The number of ether oxygens (including phenoxy) is 1. The van der Waals surface area contributed by atoms with Gasteiger partial charge in [-0.3, -0.25) is 9.48 Å². The number of aryl methyl sites for hydroxylation is 1. The number of halogens is 1. The molecule has 3 aromatic rings. The number of amides is 1. The molecule has 0 bridgehead atoms. The van der Waals surface area contributed by atoms with Gasteiger partial charge >= 0.3 is 0 Å². The molecule has 2 aromatic heterocycles. The fraction of sp³-hybridized carbons (Fsp3) is 0.188. The maximum absolute atomic E-state index is 12.5. The van der Waals surface area contributed by atoms with Crippen LogP contribution in [-0.4, -0.2) is 27.4 Å². The average molecular weight is 363 g/mol. The summed E-state index contributed by atoms with van der Waals surface area (Å²) in [5.74, 6) is -0.152. The molecular formula is C16H15ClN4O2S. The van der Waals surface area contributed by atoms with E-state index in [1.54, 1.807) is 19.3 Å². The number of rotatable bonds is 4. The van der Waals surface area contributed by atoms with Gasteiger partial charge in [0.2, 0.25) is 5.88 Å². The van der Waals surface area contributed by atoms with Crippen molar-refractivity contribution in [2.24, 2.45) is 12.0 Å². The van der Waals surface area contributed by atoms with Crippen LogP contribution in [0.5, 0.6) is 5.88 Å². The summed E-state index contributed by atoms with van der Waals surface area (Å²) in [6, 6.07) is 5.58. The smallest absolute Gasteiger partial charge is 0.286 e. The van der Waals surface area contributed by atoms with Crippen LogP contribution in [0.4, 0.5) is 0 Å². The van der Waals surface area contributed by atoms with Gasteiger partial charge in [-0.2, -0.15) is 4.99 Å². The largest absolute Gasteiger partial charge is 0.479 e. The first-order valence-corrected chi connectivity index (χ1v) is 8.29. The van der Waals surface area contributed by atoms with E-state index in [1.165, 1.54) is 23.1 Å². The van der Waals surface area contributed by atoms with Crippen molar-refractivity contribution in [1.82, 2.24) is 14.3 Å². The lowest BCUT2D eigenvalue weighted by Crippen LogP contribution is -2.16. The molecule has 0 N–H and O–H groups in total. The van der Waals surface area contributed by atoms with Crippen molar-refractivity contribution < 1.29 is 9.53 Å². The Bertz CT molecular complexity index is 999. The molecule has 0 atom stereocenters. The predicted octanol–water partition coefficient (Wildman–Crippen LogP) is 3.03. The number of hydrogen-bond donors (Lipinski definition) is 0. The van der Waals surface area contributed by atoms with E-state index in [1.807, 2.05) is 22.8 Å². The molecule has 0 spiro atoms. The highest BCUT2D eigenvalue weighted by atomic mass is 35.5. The van der Waals surface area contributed by atoms with Crippen LogP contribution >= 0.6 is 22.9 Å². The topological polar surface area (TPSA) is 61.4 Å². The molecule has 1 amide bonds. The predicted molar refractivity (Wildman–Crippen MR) is 94.7 cm³/mol. The van der Waals surface area contributed by atoms with Crippen molar-refractivity contribution in [2.75, 3.05) is 7.11 Å². The van der Waals surface area contributed by atoms with Crippen LogP contribution < -0.4 is 9.54 Å². The van der Waals surface area contributed by atoms with Crippen LogP contribution in [0.1, 0.15) is 10.4 Å². The Kier molecular flexibility index (Phi) is 4.55. The Labute approximate surface area is 147 Å². The number of hydrogen-bond acceptors (Lipinski definition) is 4. The molecular weight excluding hydrogens is 348 g/mol. The van der Waals surface area contributed by atoms with Crippen LogP contribution in [0.2, 0.25) is 5.02 Å². The average Bonchev–Trinajstić information content (AvgIpc) is 3.08. The zero-order valence-corrected chi connectivity index (χ0v) is 14.8. The summed E-state index contributed by atoms with van der Waals surface area (Å²) < 4.78 is 9.52. The molecule has 6 nitrogen and oxygen atoms in total. The van der Waals surface area contributed by atoms with Crippen molar-refractivity contribution in [3.05, 3.63) is 52.4 Å². The lowest BCUT2D eigenvalue weighted by atomic mass is 10.3. The number of methoxy groups -OCH3 is 1. The minimum Gasteiger partial charge on any atom is -0.479 e. The fourth-order valence-corrected chi connectivity index (χ4v) is 3.66. The SMILES string of the molecule is C=CCn1c(=NC(=O)c2cn(C)nc2OC)sc2cc(Cl)ccc21. The maximum atomic E-state index is 12.5. The normalized spacial score (nSPS) is 11.9. The number of thiazole rings is 1. The van der Waals surface area contributed by atoms with Gasteiger partial charge in [0.05, 0.1) is 17.3 Å². The standard InChI is InChI=1S/C16H15ClN4O2S/c1-4-7-21-12-6-5-10(17)8-13(12)24-16(21)18-14(22)11-9-20(2)19-15(11)23-3/h4-6,8-9H,1,7H2,2-3H3. The van der Waals surface area contributed by atoms with Crippen LogP contribution in [0, 0.1) is 0 Å². The number of carbonyl (C=O) groups is 1. The number of nitrogens with zero attached hydrogens (tertiary/aromatic N) is 4. The highest BCUT2D eigenvalue weighted by Crippen LogP contribution is 2.22. The van der Waals surface area contributed by atoms with Crippen molar-refractivity contribution in [3.8, 4) is 5.88 Å². The number of carbonyl (C=O) groups excluding carboxylic acids is 1. The van der Waals surface area contributed by atoms with Crippen molar-refractivity contribution in [2.45, 2.75) is 6.54 Å². The summed E-state index contributed by atoms with van der Waals surface area (Å²) in [5, 5.41) is 4.72. The van der Waals surface area contributed by atoms with Crippen LogP contribution in [0.3, 0.4) is 0 Å². The van der Waals surface area contributed by atoms with E-state index in [0.717, 1.165) is 10.2 Å². The molecule has 0 aliphatic heterocycles. The third-order valence-corrected chi connectivity index (χ3v) is 4.65. The summed E-state index contributed by atoms with van der Waals surface area (Å²) in [4.78, 5) is 17.4. The molecule has 124 valence electrons. The van der Waals surface area contributed by atoms with E-state index in [-0.39, 0.29) is 5.88 Å². The molecule has 0 aliphatic rings. The first kappa shape index (κ1) is 16.5. The molecule has 0 saturated heterocycles. The summed E-state index contributed by atoms with van der Waals surface area (Å²) >= 11 is 7.45. The monoisotopic (exact) mass is 362 g/mol. The van der Waals surface area contributed by atoms with Crippen molar-refractivity contribution in [1.29, 1.82) is 0 Å². The first-order valence-electron chi connectivity index (χ1n) is 7.10. The van der Waals surface area contributed by atoms with E-state index in [2.05, 4.69) is 16.7 Å². The van der Waals surface area contributed by atoms with Gasteiger partial charge in [0.25, 0.3) is 5.91 Å². The Morgan fingerprint density at radius 2 is 2.33 bits per heavy atom. The maximum Gasteiger partial charge on any atom is 0.286 e. The van der Waals surface area contributed by atoms with Crippen LogP contribution in [-0.2, 0) is 13.6 Å². The lowest BCUT2D eigenvalue weighted by molar-refractivity contribution is 0.0995. The summed E-state index contributed by atoms with van der Waals surface area (Å²) in [5.41, 5.74) is 1.27. The molecule has 0 radical (unpaired) electrons. The van der Waals surface area contributed by atoms with Crippen molar-refractivity contribution in [3.63, 3.8) is 0 Å². The van der Waals surface area contributed by atoms with Gasteiger partial charge in [-0.25, -0.2) is 0 Å². The molecule has 0 fully saturated rings. The lowest BCUT2D eigenvalue weighted by Gasteiger charge is -2.00. The Hall–Kier alpha value is -2.38. The zero-order valence-electron chi connectivity index (χ0n) is 13.2. The van der Waals surface area contributed by atoms with Gasteiger partial charge in [-0.15, -0.1) is 11.7 Å². The molecule has 0 aliphatic carbocycles. The Morgan fingerprint density at radius 1 is 1.54 bits per heavy atom. The molecule has 0 saturated carbocycles. The fourth-order valence-electron chi connectivity index (χ4n) is 2.35. The number of benzene rings is 1. The van der Waals surface area contributed by atoms with Crippen LogP contribution in [0.25, 0.3) is 10.2 Å². The quantitative estimate of drug-likeness (QED) is 0.670. The van der Waals surface area contributed by atoms with E-state index in [9.17, 15) is 4.79 Å². The van der Waals surface area contributed by atoms with E-state index in [0.29, 0.717) is 21.9 Å². The summed E-state index contributed by atoms with van der Waals surface area (Å²) in [6.45, 7) is 4.31. The first-order chi connectivity index (χ1) is 11.5. The highest BCUT2D eigenvalue weighted by Gasteiger charge is 2.16. The van der Waals surface area contributed by atoms with Gasteiger partial charge in [0.15, 0.2) is 4.80 Å². The molecule has 8 heteroatoms. The summed E-state index contributed by atoms with van der Waals surface area (Å²) in [6.07, 6.45) is 3.35. The third-order valence-electron chi connectivity index (χ3n) is 3.37. The minimum atomic E-state index is -0.407. The van der Waals surface area contributed by atoms with Gasteiger partial charge < -0.3 is 9.30 Å². The number of aromatic nitrogens is 3. The van der Waals surface area contributed by atoms with E-state index < -0.39 is 5.91 Å². The number of allylic oxidation sites excluding steroid dienone is 1. The molecule has 0 unspecified atom stereocenters. The van der Waals surface area contributed by atoms with Gasteiger partial charge in [0, 0.05) is 24.8 Å². The molecule has 3 rings (SSSR count). The van der Waals surface area contributed by atoms with Gasteiger partial charge in [-0.1, -0.05) is 29.0 Å². The second-order valence-corrected chi connectivity index (χ2v) is 6.48. The zero-order chi connectivity index (χ0) is 17.3. The van der Waals surface area contributed by atoms with E-state index in [4.69, 9.17) is 16.3 Å². The van der Waals surface area contributed by atoms with E-state index >= 15 is 0 Å². The molecule has 1 aromatic carbocycles. The van der Waals surface area contributed by atoms with Crippen LogP contribution in [0.15, 0.2) is 42.0 Å². The summed E-state index contributed by atoms with van der Waals surface area (Å²) in [7, 11) is 3.19. The Balaban J connectivity index is 2.16.